The van der Waals surface area contributed by atoms with E-state index in [0.717, 1.165) is 17.0 Å². The third-order valence-corrected chi connectivity index (χ3v) is 4.02. The lowest BCUT2D eigenvalue weighted by molar-refractivity contribution is -0.137. The van der Waals surface area contributed by atoms with Crippen LogP contribution in [0.5, 0.6) is 0 Å². The van der Waals surface area contributed by atoms with Gasteiger partial charge in [0.15, 0.2) is 0 Å². The van der Waals surface area contributed by atoms with Crippen LogP contribution in [0.25, 0.3) is 0 Å². The number of benzene rings is 2. The summed E-state index contributed by atoms with van der Waals surface area (Å²) in [5, 5.41) is 0. The van der Waals surface area contributed by atoms with Gasteiger partial charge in [-0.2, -0.15) is 13.2 Å². The van der Waals surface area contributed by atoms with Crippen LogP contribution in [0, 0.1) is 0 Å². The zero-order valence-electron chi connectivity index (χ0n) is 14.0. The summed E-state index contributed by atoms with van der Waals surface area (Å²) in [6.45, 7) is -0.339. The average Bonchev–Trinajstić information content (AvgIpc) is 2.98. The van der Waals surface area contributed by atoms with Crippen molar-refractivity contribution >= 4 is 23.5 Å². The molecule has 1 heterocycles. The number of anilines is 1. The summed E-state index contributed by atoms with van der Waals surface area (Å²) in [6.07, 6.45) is -4.25. The number of halogens is 3. The number of carbonyl (C=O) groups excluding carboxylic acids is 3. The van der Waals surface area contributed by atoms with Crippen LogP contribution in [0.15, 0.2) is 48.5 Å². The minimum absolute atomic E-state index is 0.0898. The maximum Gasteiger partial charge on any atom is 0.416 e. The molecule has 1 aliphatic rings. The van der Waals surface area contributed by atoms with Gasteiger partial charge in [0.1, 0.15) is 6.61 Å². The van der Waals surface area contributed by atoms with Crippen molar-refractivity contribution in [2.45, 2.75) is 25.6 Å². The Bertz CT molecular complexity index is 892. The predicted molar refractivity (Wildman–Crippen MR) is 88.7 cm³/mol. The van der Waals surface area contributed by atoms with E-state index in [1.807, 2.05) is 0 Å². The van der Waals surface area contributed by atoms with Gasteiger partial charge >= 0.3 is 12.1 Å². The van der Waals surface area contributed by atoms with E-state index in [2.05, 4.69) is 0 Å². The van der Waals surface area contributed by atoms with Crippen molar-refractivity contribution in [1.82, 2.24) is 0 Å². The highest BCUT2D eigenvalue weighted by atomic mass is 19.4. The van der Waals surface area contributed by atoms with E-state index in [-0.39, 0.29) is 48.1 Å². The number of alkyl halides is 3. The van der Waals surface area contributed by atoms with Gasteiger partial charge in [0.2, 0.25) is 11.8 Å². The fourth-order valence-electron chi connectivity index (χ4n) is 2.71. The van der Waals surface area contributed by atoms with Crippen molar-refractivity contribution in [2.75, 3.05) is 4.90 Å². The Morgan fingerprint density at radius 2 is 1.67 bits per heavy atom. The number of amides is 2. The first-order chi connectivity index (χ1) is 12.8. The van der Waals surface area contributed by atoms with E-state index in [4.69, 9.17) is 4.74 Å². The topological polar surface area (TPSA) is 63.7 Å². The molecule has 27 heavy (non-hydrogen) atoms. The molecule has 0 bridgehead atoms. The van der Waals surface area contributed by atoms with Gasteiger partial charge in [-0.25, -0.2) is 4.79 Å². The standard InChI is InChI=1S/C19H14F3NO4/c20-19(21,22)14-5-1-3-12(9-14)11-27-18(26)13-4-2-6-15(10-13)23-16(24)7-8-17(23)25/h1-6,9-10H,7-8,11H2. The number of ether oxygens (including phenoxy) is 1. The molecule has 5 nitrogen and oxygen atoms in total. The minimum Gasteiger partial charge on any atom is -0.457 e. The average molecular weight is 377 g/mol. The van der Waals surface area contributed by atoms with Crippen molar-refractivity contribution in [2.24, 2.45) is 0 Å². The van der Waals surface area contributed by atoms with Crippen LogP contribution in [-0.4, -0.2) is 17.8 Å². The van der Waals surface area contributed by atoms with Gasteiger partial charge in [-0.3, -0.25) is 14.5 Å². The van der Waals surface area contributed by atoms with Gasteiger partial charge in [0.25, 0.3) is 0 Å². The molecule has 0 saturated carbocycles. The van der Waals surface area contributed by atoms with E-state index in [0.29, 0.717) is 0 Å². The third-order valence-electron chi connectivity index (χ3n) is 4.02. The number of rotatable bonds is 4. The van der Waals surface area contributed by atoms with E-state index >= 15 is 0 Å². The molecule has 3 rings (SSSR count). The second-order valence-electron chi connectivity index (χ2n) is 5.95. The number of carbonyl (C=O) groups is 3. The summed E-state index contributed by atoms with van der Waals surface area (Å²) in [5.74, 6) is -1.47. The maximum atomic E-state index is 12.7. The van der Waals surface area contributed by atoms with Crippen LogP contribution in [0.3, 0.4) is 0 Å². The summed E-state index contributed by atoms with van der Waals surface area (Å²) in [7, 11) is 0. The Balaban J connectivity index is 1.71. The first-order valence-corrected chi connectivity index (χ1v) is 8.05. The van der Waals surface area contributed by atoms with Gasteiger partial charge in [-0.1, -0.05) is 18.2 Å². The molecule has 0 spiro atoms. The van der Waals surface area contributed by atoms with E-state index < -0.39 is 17.7 Å². The first-order valence-electron chi connectivity index (χ1n) is 8.05. The van der Waals surface area contributed by atoms with Crippen molar-refractivity contribution in [1.29, 1.82) is 0 Å². The summed E-state index contributed by atoms with van der Waals surface area (Å²) >= 11 is 0. The Hall–Kier alpha value is -3.16. The highest BCUT2D eigenvalue weighted by molar-refractivity contribution is 6.20. The largest absolute Gasteiger partial charge is 0.457 e. The maximum absolute atomic E-state index is 12.7. The number of hydrogen-bond acceptors (Lipinski definition) is 4. The fourth-order valence-corrected chi connectivity index (χ4v) is 2.71. The normalized spacial score (nSPS) is 14.6. The van der Waals surface area contributed by atoms with E-state index in [9.17, 15) is 27.6 Å². The number of esters is 1. The minimum atomic E-state index is -4.48. The highest BCUT2D eigenvalue weighted by Crippen LogP contribution is 2.30. The molecule has 2 aromatic carbocycles. The molecule has 0 unspecified atom stereocenters. The van der Waals surface area contributed by atoms with Gasteiger partial charge in [-0.05, 0) is 35.9 Å². The zero-order valence-corrected chi connectivity index (χ0v) is 14.0. The van der Waals surface area contributed by atoms with Crippen molar-refractivity contribution in [3.63, 3.8) is 0 Å². The smallest absolute Gasteiger partial charge is 0.416 e. The quantitative estimate of drug-likeness (QED) is 0.602. The molecule has 0 N–H and O–H groups in total. The molecule has 1 fully saturated rings. The monoisotopic (exact) mass is 377 g/mol. The van der Waals surface area contributed by atoms with Crippen molar-refractivity contribution < 1.29 is 32.3 Å². The highest BCUT2D eigenvalue weighted by Gasteiger charge is 2.31. The van der Waals surface area contributed by atoms with Gasteiger partial charge in [0, 0.05) is 12.8 Å². The lowest BCUT2D eigenvalue weighted by Gasteiger charge is -2.14. The predicted octanol–water partition coefficient (Wildman–Crippen LogP) is 3.72. The van der Waals surface area contributed by atoms with Gasteiger partial charge < -0.3 is 4.74 Å². The molecular weight excluding hydrogens is 363 g/mol. The summed E-state index contributed by atoms with van der Waals surface area (Å²) < 4.78 is 43.2. The van der Waals surface area contributed by atoms with Crippen LogP contribution in [0.1, 0.15) is 34.3 Å². The lowest BCUT2D eigenvalue weighted by Crippen LogP contribution is -2.28. The summed E-state index contributed by atoms with van der Waals surface area (Å²) in [4.78, 5) is 36.8. The Kier molecular flexibility index (Phi) is 4.98. The number of nitrogens with zero attached hydrogens (tertiary/aromatic N) is 1. The fraction of sp³-hybridized carbons (Fsp3) is 0.211. The lowest BCUT2D eigenvalue weighted by atomic mass is 10.1. The Morgan fingerprint density at radius 1 is 1.00 bits per heavy atom. The second-order valence-corrected chi connectivity index (χ2v) is 5.95. The molecule has 0 aromatic heterocycles. The van der Waals surface area contributed by atoms with Crippen molar-refractivity contribution in [3.8, 4) is 0 Å². The Labute approximate surface area is 152 Å². The molecule has 140 valence electrons. The number of hydrogen-bond donors (Lipinski definition) is 0. The van der Waals surface area contributed by atoms with Gasteiger partial charge in [-0.15, -0.1) is 0 Å². The van der Waals surface area contributed by atoms with Crippen LogP contribution in [-0.2, 0) is 27.1 Å². The molecule has 1 saturated heterocycles. The summed E-state index contributed by atoms with van der Waals surface area (Å²) in [6, 6.07) is 10.3. The molecule has 0 radical (unpaired) electrons. The molecule has 2 aromatic rings. The molecule has 2 amide bonds. The van der Waals surface area contributed by atoms with Crippen LogP contribution >= 0.6 is 0 Å². The van der Waals surface area contributed by atoms with E-state index in [1.165, 1.54) is 36.4 Å². The van der Waals surface area contributed by atoms with Gasteiger partial charge in [0.05, 0.1) is 16.8 Å². The molecule has 0 atom stereocenters. The molecular formula is C19H14F3NO4. The molecule has 0 aliphatic carbocycles. The first kappa shape index (κ1) is 18.6. The molecule has 8 heteroatoms. The van der Waals surface area contributed by atoms with Crippen LogP contribution in [0.2, 0.25) is 0 Å². The van der Waals surface area contributed by atoms with Crippen molar-refractivity contribution in [3.05, 3.63) is 65.2 Å². The summed E-state index contributed by atoms with van der Waals surface area (Å²) in [5.41, 5.74) is -0.286. The molecule has 1 aliphatic heterocycles. The second kappa shape index (κ2) is 7.22. The SMILES string of the molecule is O=C(OCc1cccc(C(F)(F)F)c1)c1cccc(N2C(=O)CCC2=O)c1. The van der Waals surface area contributed by atoms with E-state index in [1.54, 1.807) is 0 Å². The Morgan fingerprint density at radius 3 is 2.33 bits per heavy atom. The van der Waals surface area contributed by atoms with Crippen LogP contribution in [0.4, 0.5) is 18.9 Å². The zero-order chi connectivity index (χ0) is 19.6. The van der Waals surface area contributed by atoms with Crippen LogP contribution < -0.4 is 4.90 Å². The number of imide groups is 1. The third kappa shape index (κ3) is 4.16.